The molecule has 0 unspecified atom stereocenters. The molecule has 1 aromatic carbocycles. The fraction of sp³-hybridized carbons (Fsp3) is 0.350. The molecular weight excluding hydrogens is 331 g/mol. The van der Waals surface area contributed by atoms with E-state index in [9.17, 15) is 14.4 Å². The summed E-state index contributed by atoms with van der Waals surface area (Å²) in [5.41, 5.74) is 2.03. The number of carbonyl (C=O) groups is 1. The summed E-state index contributed by atoms with van der Waals surface area (Å²) in [6.07, 6.45) is 9.59. The fourth-order valence-corrected chi connectivity index (χ4v) is 3.24. The molecule has 1 saturated carbocycles. The lowest BCUT2D eigenvalue weighted by atomic mass is 10.0. The lowest BCUT2D eigenvalue weighted by Gasteiger charge is -2.15. The number of hydrogen-bond donors (Lipinski definition) is 2. The molecule has 2 N–H and O–H groups in total. The second-order valence-corrected chi connectivity index (χ2v) is 6.54. The third-order valence-electron chi connectivity index (χ3n) is 4.66. The maximum Gasteiger partial charge on any atom is 0.262 e. The fourth-order valence-electron chi connectivity index (χ4n) is 3.24. The monoisotopic (exact) mass is 352 g/mol. The van der Waals surface area contributed by atoms with Crippen molar-refractivity contribution in [1.29, 1.82) is 5.26 Å². The minimum absolute atomic E-state index is 0.0407. The van der Waals surface area contributed by atoms with Gasteiger partial charge in [0.15, 0.2) is 0 Å². The van der Waals surface area contributed by atoms with Crippen molar-refractivity contribution in [1.82, 2.24) is 15.5 Å². The molecular formula is C20H21FN4O. The van der Waals surface area contributed by atoms with E-state index in [-0.39, 0.29) is 23.3 Å². The van der Waals surface area contributed by atoms with Crippen LogP contribution in [0.3, 0.4) is 0 Å². The molecule has 2 aromatic rings. The van der Waals surface area contributed by atoms with Crippen LogP contribution in [0, 0.1) is 17.1 Å². The van der Waals surface area contributed by atoms with Crippen LogP contribution < -0.4 is 5.32 Å². The van der Waals surface area contributed by atoms with E-state index in [0.29, 0.717) is 11.3 Å². The highest BCUT2D eigenvalue weighted by molar-refractivity contribution is 6.02. The van der Waals surface area contributed by atoms with Crippen molar-refractivity contribution in [2.75, 3.05) is 0 Å². The molecule has 1 aliphatic rings. The normalized spacial score (nSPS) is 15.9. The number of rotatable bonds is 4. The SMILES string of the molecule is N#CC(=Cc1cn[nH]c1-c1ccc(F)cc1)C(=O)NC1CCCCCC1. The first-order chi connectivity index (χ1) is 12.7. The van der Waals surface area contributed by atoms with E-state index in [1.807, 2.05) is 6.07 Å². The zero-order chi connectivity index (χ0) is 18.4. The van der Waals surface area contributed by atoms with E-state index >= 15 is 0 Å². The Labute approximate surface area is 151 Å². The van der Waals surface area contributed by atoms with Gasteiger partial charge in [-0.25, -0.2) is 4.39 Å². The Bertz CT molecular complexity index is 824. The number of carbonyl (C=O) groups excluding carboxylic acids is 1. The van der Waals surface area contributed by atoms with Crippen molar-refractivity contribution in [2.24, 2.45) is 0 Å². The number of aromatic nitrogens is 2. The molecule has 1 fully saturated rings. The molecule has 6 heteroatoms. The third-order valence-corrected chi connectivity index (χ3v) is 4.66. The van der Waals surface area contributed by atoms with Gasteiger partial charge in [0.1, 0.15) is 17.5 Å². The zero-order valence-electron chi connectivity index (χ0n) is 14.5. The van der Waals surface area contributed by atoms with Crippen molar-refractivity contribution < 1.29 is 9.18 Å². The first-order valence-electron chi connectivity index (χ1n) is 8.89. The van der Waals surface area contributed by atoms with E-state index < -0.39 is 0 Å². The van der Waals surface area contributed by atoms with Gasteiger partial charge in [0, 0.05) is 17.2 Å². The topological polar surface area (TPSA) is 81.6 Å². The Kier molecular flexibility index (Phi) is 5.80. The summed E-state index contributed by atoms with van der Waals surface area (Å²) >= 11 is 0. The van der Waals surface area contributed by atoms with Crippen LogP contribution in [0.2, 0.25) is 0 Å². The second kappa shape index (κ2) is 8.43. The van der Waals surface area contributed by atoms with E-state index in [2.05, 4.69) is 15.5 Å². The number of halogens is 1. The smallest absolute Gasteiger partial charge is 0.262 e. The molecule has 3 rings (SSSR count). The summed E-state index contributed by atoms with van der Waals surface area (Å²) in [5.74, 6) is -0.684. The molecule has 0 aliphatic heterocycles. The highest BCUT2D eigenvalue weighted by Gasteiger charge is 2.18. The van der Waals surface area contributed by atoms with Gasteiger partial charge in [-0.1, -0.05) is 25.7 Å². The van der Waals surface area contributed by atoms with Crippen LogP contribution >= 0.6 is 0 Å². The first-order valence-corrected chi connectivity index (χ1v) is 8.89. The van der Waals surface area contributed by atoms with Crippen LogP contribution in [-0.2, 0) is 4.79 Å². The number of amides is 1. The molecule has 0 radical (unpaired) electrons. The van der Waals surface area contributed by atoms with Gasteiger partial charge >= 0.3 is 0 Å². The van der Waals surface area contributed by atoms with Gasteiger partial charge in [-0.2, -0.15) is 10.4 Å². The van der Waals surface area contributed by atoms with Gasteiger partial charge < -0.3 is 5.32 Å². The van der Waals surface area contributed by atoms with Gasteiger partial charge in [0.25, 0.3) is 5.91 Å². The number of nitrogens with one attached hydrogen (secondary N) is 2. The molecule has 0 saturated heterocycles. The Morgan fingerprint density at radius 3 is 2.58 bits per heavy atom. The molecule has 1 aromatic heterocycles. The van der Waals surface area contributed by atoms with E-state index in [1.54, 1.807) is 18.3 Å². The van der Waals surface area contributed by atoms with Crippen molar-refractivity contribution in [3.63, 3.8) is 0 Å². The molecule has 0 spiro atoms. The highest BCUT2D eigenvalue weighted by atomic mass is 19.1. The van der Waals surface area contributed by atoms with Crippen molar-refractivity contribution >= 4 is 12.0 Å². The van der Waals surface area contributed by atoms with Gasteiger partial charge in [-0.3, -0.25) is 9.89 Å². The minimum atomic E-state index is -0.356. The third kappa shape index (κ3) is 4.37. The molecule has 0 bridgehead atoms. The molecule has 5 nitrogen and oxygen atoms in total. The first kappa shape index (κ1) is 17.9. The Morgan fingerprint density at radius 1 is 1.23 bits per heavy atom. The average molecular weight is 352 g/mol. The number of nitriles is 1. The summed E-state index contributed by atoms with van der Waals surface area (Å²) < 4.78 is 13.1. The van der Waals surface area contributed by atoms with Crippen LogP contribution in [0.1, 0.15) is 44.1 Å². The molecule has 1 aliphatic carbocycles. The molecule has 1 heterocycles. The van der Waals surface area contributed by atoms with Gasteiger partial charge in [-0.05, 0) is 43.2 Å². The second-order valence-electron chi connectivity index (χ2n) is 6.54. The van der Waals surface area contributed by atoms with E-state index in [0.717, 1.165) is 31.2 Å². The lowest BCUT2D eigenvalue weighted by molar-refractivity contribution is -0.117. The molecule has 0 atom stereocenters. The Balaban J connectivity index is 1.79. The lowest BCUT2D eigenvalue weighted by Crippen LogP contribution is -2.35. The van der Waals surface area contributed by atoms with Crippen LogP contribution in [0.4, 0.5) is 4.39 Å². The Hall–Kier alpha value is -2.94. The standard InChI is InChI=1S/C20H21FN4O/c21-17-9-7-14(8-10-17)19-16(13-23-25-19)11-15(12-22)20(26)24-18-5-3-1-2-4-6-18/h7-11,13,18H,1-6H2,(H,23,25)(H,24,26). The van der Waals surface area contributed by atoms with Crippen molar-refractivity contribution in [3.8, 4) is 17.3 Å². The number of aromatic amines is 1. The summed E-state index contributed by atoms with van der Waals surface area (Å²) in [5, 5.41) is 19.2. The molecule has 1 amide bonds. The summed E-state index contributed by atoms with van der Waals surface area (Å²) in [6.45, 7) is 0. The van der Waals surface area contributed by atoms with Crippen LogP contribution in [0.25, 0.3) is 17.3 Å². The zero-order valence-corrected chi connectivity index (χ0v) is 14.5. The number of H-pyrrole nitrogens is 1. The van der Waals surface area contributed by atoms with Crippen molar-refractivity contribution in [2.45, 2.75) is 44.6 Å². The maximum absolute atomic E-state index is 13.1. The summed E-state index contributed by atoms with van der Waals surface area (Å²) in [6, 6.07) is 8.06. The minimum Gasteiger partial charge on any atom is -0.349 e. The van der Waals surface area contributed by atoms with Gasteiger partial charge in [0.05, 0.1) is 11.9 Å². The number of benzene rings is 1. The maximum atomic E-state index is 13.1. The largest absolute Gasteiger partial charge is 0.349 e. The highest BCUT2D eigenvalue weighted by Crippen LogP contribution is 2.24. The Morgan fingerprint density at radius 2 is 1.92 bits per heavy atom. The predicted molar refractivity (Wildman–Crippen MR) is 97.2 cm³/mol. The van der Waals surface area contributed by atoms with Crippen molar-refractivity contribution in [3.05, 3.63) is 47.4 Å². The number of nitrogens with zero attached hydrogens (tertiary/aromatic N) is 2. The summed E-state index contributed by atoms with van der Waals surface area (Å²) in [7, 11) is 0. The number of hydrogen-bond acceptors (Lipinski definition) is 3. The summed E-state index contributed by atoms with van der Waals surface area (Å²) in [4.78, 5) is 12.5. The quantitative estimate of drug-likeness (QED) is 0.496. The average Bonchev–Trinajstić information content (AvgIpc) is 2.95. The molecule has 134 valence electrons. The van der Waals surface area contributed by atoms with Crippen LogP contribution in [0.15, 0.2) is 36.0 Å². The van der Waals surface area contributed by atoms with E-state index in [4.69, 9.17) is 0 Å². The predicted octanol–water partition coefficient (Wildman–Crippen LogP) is 3.96. The van der Waals surface area contributed by atoms with Gasteiger partial charge in [-0.15, -0.1) is 0 Å². The van der Waals surface area contributed by atoms with Gasteiger partial charge in [0.2, 0.25) is 0 Å². The van der Waals surface area contributed by atoms with Crippen LogP contribution in [0.5, 0.6) is 0 Å². The van der Waals surface area contributed by atoms with Crippen LogP contribution in [-0.4, -0.2) is 22.1 Å². The molecule has 26 heavy (non-hydrogen) atoms. The van der Waals surface area contributed by atoms with E-state index in [1.165, 1.54) is 31.1 Å².